The van der Waals surface area contributed by atoms with Crippen molar-refractivity contribution in [2.45, 2.75) is 31.3 Å². The van der Waals surface area contributed by atoms with Gasteiger partial charge in [0.05, 0.1) is 31.7 Å². The largest absolute Gasteiger partial charge is 0.497 e. The van der Waals surface area contributed by atoms with Crippen molar-refractivity contribution in [1.82, 2.24) is 4.90 Å². The summed E-state index contributed by atoms with van der Waals surface area (Å²) in [5, 5.41) is 0. The van der Waals surface area contributed by atoms with E-state index in [1.54, 1.807) is 7.11 Å². The highest BCUT2D eigenvalue weighted by Crippen LogP contribution is 2.53. The first-order valence-electron chi connectivity index (χ1n) is 10.5. The van der Waals surface area contributed by atoms with E-state index in [2.05, 4.69) is 0 Å². The lowest BCUT2D eigenvalue weighted by Gasteiger charge is -2.27. The smallest absolute Gasteiger partial charge is 0.313 e. The fourth-order valence-corrected chi connectivity index (χ4v) is 5.01. The maximum absolute atomic E-state index is 13.5. The number of esters is 1. The minimum atomic E-state index is -0.751. The molecule has 1 amide bonds. The first-order valence-corrected chi connectivity index (χ1v) is 10.5. The summed E-state index contributed by atoms with van der Waals surface area (Å²) >= 11 is 0. The van der Waals surface area contributed by atoms with Gasteiger partial charge in [-0.3, -0.25) is 9.59 Å². The molecule has 2 saturated heterocycles. The number of nitrogens with zero attached hydrogens (tertiary/aromatic N) is 1. The van der Waals surface area contributed by atoms with Crippen LogP contribution in [0, 0.1) is 11.8 Å². The van der Waals surface area contributed by atoms with Crippen LogP contribution in [0.1, 0.15) is 24.1 Å². The molecule has 2 aromatic carbocycles. The van der Waals surface area contributed by atoms with Crippen LogP contribution in [0.4, 0.5) is 0 Å². The number of carbonyl (C=O) groups excluding carboxylic acids is 2. The van der Waals surface area contributed by atoms with E-state index < -0.39 is 23.5 Å². The quantitative estimate of drug-likeness (QED) is 0.531. The Labute approximate surface area is 181 Å². The maximum atomic E-state index is 13.5. The third-order valence-corrected chi connectivity index (χ3v) is 6.69. The van der Waals surface area contributed by atoms with Crippen molar-refractivity contribution in [3.05, 3.63) is 77.9 Å². The average molecular weight is 419 g/mol. The molecule has 0 aliphatic carbocycles. The Morgan fingerprint density at radius 2 is 1.94 bits per heavy atom. The normalized spacial score (nSPS) is 29.2. The topological polar surface area (TPSA) is 65.1 Å². The SMILES string of the molecule is COc1ccc([C@H](C)N2C[C@@]34C=C[C@@H](O3)[C@@H](C(=O)OCc3ccccc3)[C@H]4C2=O)cc1. The van der Waals surface area contributed by atoms with Gasteiger partial charge in [-0.1, -0.05) is 54.6 Å². The van der Waals surface area contributed by atoms with Crippen LogP contribution in [0.5, 0.6) is 5.75 Å². The summed E-state index contributed by atoms with van der Waals surface area (Å²) in [6.45, 7) is 2.61. The molecule has 0 unspecified atom stereocenters. The van der Waals surface area contributed by atoms with E-state index >= 15 is 0 Å². The second-order valence-electron chi connectivity index (χ2n) is 8.41. The predicted molar refractivity (Wildman–Crippen MR) is 113 cm³/mol. The van der Waals surface area contributed by atoms with E-state index in [9.17, 15) is 9.59 Å². The van der Waals surface area contributed by atoms with Crippen LogP contribution in [-0.4, -0.2) is 42.1 Å². The monoisotopic (exact) mass is 419 g/mol. The van der Waals surface area contributed by atoms with E-state index in [1.165, 1.54) is 0 Å². The highest BCUT2D eigenvalue weighted by Gasteiger charge is 2.67. The Morgan fingerprint density at radius 3 is 2.65 bits per heavy atom. The van der Waals surface area contributed by atoms with E-state index in [-0.39, 0.29) is 24.5 Å². The molecule has 3 aliphatic rings. The lowest BCUT2D eigenvalue weighted by Crippen LogP contribution is -2.40. The van der Waals surface area contributed by atoms with Crippen molar-refractivity contribution >= 4 is 11.9 Å². The number of hydrogen-bond acceptors (Lipinski definition) is 5. The molecule has 0 saturated carbocycles. The molecule has 2 bridgehead atoms. The molecule has 31 heavy (non-hydrogen) atoms. The lowest BCUT2D eigenvalue weighted by atomic mass is 9.77. The Bertz CT molecular complexity index is 1020. The van der Waals surface area contributed by atoms with Crippen LogP contribution in [0.3, 0.4) is 0 Å². The van der Waals surface area contributed by atoms with Gasteiger partial charge in [0.2, 0.25) is 5.91 Å². The molecule has 1 spiro atoms. The molecule has 3 heterocycles. The number of methoxy groups -OCH3 is 1. The van der Waals surface area contributed by atoms with E-state index in [0.717, 1.165) is 16.9 Å². The minimum absolute atomic E-state index is 0.0585. The Morgan fingerprint density at radius 1 is 1.19 bits per heavy atom. The first kappa shape index (κ1) is 19.8. The zero-order valence-corrected chi connectivity index (χ0v) is 17.6. The van der Waals surface area contributed by atoms with Gasteiger partial charge in [-0.2, -0.15) is 0 Å². The molecule has 5 atom stereocenters. The zero-order chi connectivity index (χ0) is 21.6. The summed E-state index contributed by atoms with van der Waals surface area (Å²) in [4.78, 5) is 28.3. The molecule has 6 nitrogen and oxygen atoms in total. The Balaban J connectivity index is 1.34. The number of fused-ring (bicyclic) bond motifs is 1. The van der Waals surface area contributed by atoms with Crippen LogP contribution >= 0.6 is 0 Å². The molecule has 0 N–H and O–H groups in total. The number of rotatable bonds is 6. The van der Waals surface area contributed by atoms with Crippen molar-refractivity contribution < 1.29 is 23.8 Å². The number of benzene rings is 2. The highest BCUT2D eigenvalue weighted by atomic mass is 16.6. The van der Waals surface area contributed by atoms with Gasteiger partial charge in [-0.25, -0.2) is 0 Å². The standard InChI is InChI=1S/C25H25NO5/c1-16(18-8-10-19(29-2)11-9-18)26-15-25-13-12-20(31-25)21(22(25)23(26)27)24(28)30-14-17-6-4-3-5-7-17/h3-13,16,20-22H,14-15H2,1-2H3/t16-,20+,21+,22-,25+/m0/s1. The lowest BCUT2D eigenvalue weighted by molar-refractivity contribution is -0.155. The first-order chi connectivity index (χ1) is 15.0. The van der Waals surface area contributed by atoms with Crippen molar-refractivity contribution in [2.75, 3.05) is 13.7 Å². The fourth-order valence-electron chi connectivity index (χ4n) is 5.01. The second-order valence-corrected chi connectivity index (χ2v) is 8.41. The van der Waals surface area contributed by atoms with Crippen LogP contribution in [0.2, 0.25) is 0 Å². The fraction of sp³-hybridized carbons (Fsp3) is 0.360. The molecule has 160 valence electrons. The average Bonchev–Trinajstić information content (AvgIpc) is 3.46. The molecule has 6 heteroatoms. The molecular weight excluding hydrogens is 394 g/mol. The summed E-state index contributed by atoms with van der Waals surface area (Å²) in [5.74, 6) is -0.833. The predicted octanol–water partition coefficient (Wildman–Crippen LogP) is 3.28. The van der Waals surface area contributed by atoms with Crippen LogP contribution in [0.25, 0.3) is 0 Å². The highest BCUT2D eigenvalue weighted by molar-refractivity contribution is 5.91. The molecule has 2 aromatic rings. The molecule has 2 fully saturated rings. The van der Waals surface area contributed by atoms with E-state index in [0.29, 0.717) is 6.54 Å². The third-order valence-electron chi connectivity index (χ3n) is 6.69. The van der Waals surface area contributed by atoms with Gasteiger partial charge in [-0.05, 0) is 30.2 Å². The van der Waals surface area contributed by atoms with Gasteiger partial charge < -0.3 is 19.1 Å². The third kappa shape index (κ3) is 3.22. The summed E-state index contributed by atoms with van der Waals surface area (Å²) in [6.07, 6.45) is 3.46. The van der Waals surface area contributed by atoms with Gasteiger partial charge in [0.15, 0.2) is 0 Å². The number of ether oxygens (including phenoxy) is 3. The number of amides is 1. The molecular formula is C25H25NO5. The summed E-state index contributed by atoms with van der Waals surface area (Å²) in [7, 11) is 1.62. The van der Waals surface area contributed by atoms with E-state index in [1.807, 2.05) is 78.6 Å². The minimum Gasteiger partial charge on any atom is -0.497 e. The molecule has 3 aliphatic heterocycles. The van der Waals surface area contributed by atoms with Crippen molar-refractivity contribution in [3.8, 4) is 5.75 Å². The van der Waals surface area contributed by atoms with Crippen LogP contribution in [-0.2, 0) is 25.7 Å². The zero-order valence-electron chi connectivity index (χ0n) is 17.6. The maximum Gasteiger partial charge on any atom is 0.313 e. The van der Waals surface area contributed by atoms with E-state index in [4.69, 9.17) is 14.2 Å². The van der Waals surface area contributed by atoms with Gasteiger partial charge >= 0.3 is 5.97 Å². The Hall–Kier alpha value is -3.12. The number of carbonyl (C=O) groups is 2. The van der Waals surface area contributed by atoms with Crippen LogP contribution < -0.4 is 4.74 Å². The van der Waals surface area contributed by atoms with Gasteiger partial charge in [0.25, 0.3) is 0 Å². The van der Waals surface area contributed by atoms with Crippen LogP contribution in [0.15, 0.2) is 66.7 Å². The molecule has 0 radical (unpaired) electrons. The molecule has 5 rings (SSSR count). The van der Waals surface area contributed by atoms with Crippen molar-refractivity contribution in [1.29, 1.82) is 0 Å². The van der Waals surface area contributed by atoms with Crippen molar-refractivity contribution in [2.24, 2.45) is 11.8 Å². The number of hydrogen-bond donors (Lipinski definition) is 0. The second kappa shape index (κ2) is 7.54. The number of likely N-dealkylation sites (tertiary alicyclic amines) is 1. The summed E-state index contributed by atoms with van der Waals surface area (Å²) in [6, 6.07) is 17.1. The Kier molecular flexibility index (Phi) is 4.82. The summed E-state index contributed by atoms with van der Waals surface area (Å²) < 4.78 is 17.0. The van der Waals surface area contributed by atoms with Crippen molar-refractivity contribution in [3.63, 3.8) is 0 Å². The van der Waals surface area contributed by atoms with Gasteiger partial charge in [-0.15, -0.1) is 0 Å². The molecule has 0 aromatic heterocycles. The summed E-state index contributed by atoms with van der Waals surface area (Å²) in [5.41, 5.74) is 1.17. The van der Waals surface area contributed by atoms with Gasteiger partial charge in [0.1, 0.15) is 23.9 Å². The van der Waals surface area contributed by atoms with Gasteiger partial charge in [0, 0.05) is 0 Å².